The topological polar surface area (TPSA) is 116 Å². The summed E-state index contributed by atoms with van der Waals surface area (Å²) >= 11 is 0. The third-order valence-electron chi connectivity index (χ3n) is 4.53. The number of esters is 1. The minimum Gasteiger partial charge on any atom is -0.453 e. The van der Waals surface area contributed by atoms with Crippen molar-refractivity contribution in [2.24, 2.45) is 7.05 Å². The number of ether oxygens (including phenoxy) is 1. The van der Waals surface area contributed by atoms with Gasteiger partial charge in [-0.15, -0.1) is 0 Å². The Hall–Kier alpha value is -3.05. The lowest BCUT2D eigenvalue weighted by atomic mass is 10.3. The predicted octanol–water partition coefficient (Wildman–Crippen LogP) is 1.15. The van der Waals surface area contributed by atoms with Crippen LogP contribution in [0.2, 0.25) is 0 Å². The molecule has 0 aliphatic carbocycles. The molecule has 0 fully saturated rings. The van der Waals surface area contributed by atoms with Crippen molar-refractivity contribution >= 4 is 27.0 Å². The van der Waals surface area contributed by atoms with E-state index in [4.69, 9.17) is 4.74 Å². The van der Waals surface area contributed by atoms with E-state index in [1.807, 2.05) is 11.5 Å². The van der Waals surface area contributed by atoms with Crippen LogP contribution in [0.15, 0.2) is 40.0 Å². The highest BCUT2D eigenvalue weighted by Crippen LogP contribution is 2.23. The summed E-state index contributed by atoms with van der Waals surface area (Å²) in [5.41, 5.74) is 0.924. The van der Waals surface area contributed by atoms with Gasteiger partial charge in [0.2, 0.25) is 10.0 Å². The third-order valence-corrected chi connectivity index (χ3v) is 6.34. The van der Waals surface area contributed by atoms with Crippen molar-refractivity contribution in [3.05, 3.63) is 52.2 Å². The van der Waals surface area contributed by atoms with E-state index in [-0.39, 0.29) is 22.8 Å². The fourth-order valence-electron chi connectivity index (χ4n) is 2.93. The number of nitrogens with zero attached hydrogens (tertiary/aromatic N) is 5. The number of hydrogen-bond acceptors (Lipinski definition) is 7. The van der Waals surface area contributed by atoms with Gasteiger partial charge in [0.25, 0.3) is 5.56 Å². The first kappa shape index (κ1) is 21.7. The average molecular weight is 433 g/mol. The maximum atomic E-state index is 12.4. The quantitative estimate of drug-likeness (QED) is 0.513. The van der Waals surface area contributed by atoms with Gasteiger partial charge in [-0.2, -0.15) is 5.10 Å². The molecule has 0 bridgehead atoms. The zero-order chi connectivity index (χ0) is 22.1. The van der Waals surface area contributed by atoms with Crippen molar-refractivity contribution < 1.29 is 17.9 Å². The first-order valence-corrected chi connectivity index (χ1v) is 10.7. The highest BCUT2D eigenvalue weighted by Gasteiger charge is 2.20. The van der Waals surface area contributed by atoms with Crippen LogP contribution in [0, 0.1) is 0 Å². The fraction of sp³-hybridized carbons (Fsp3) is 0.368. The number of carbonyl (C=O) groups excluding carboxylic acids is 1. The zero-order valence-corrected chi connectivity index (χ0v) is 18.0. The summed E-state index contributed by atoms with van der Waals surface area (Å²) in [5, 5.41) is 3.87. The van der Waals surface area contributed by atoms with Crippen LogP contribution in [-0.2, 0) is 35.0 Å². The summed E-state index contributed by atoms with van der Waals surface area (Å²) in [7, 11) is 0.784. The minimum absolute atomic E-state index is 0.00890. The number of hydrogen-bond donors (Lipinski definition) is 0. The molecule has 30 heavy (non-hydrogen) atoms. The zero-order valence-electron chi connectivity index (χ0n) is 17.2. The van der Waals surface area contributed by atoms with Crippen LogP contribution in [0.25, 0.3) is 11.0 Å². The molecule has 0 unspecified atom stereocenters. The van der Waals surface area contributed by atoms with Crippen molar-refractivity contribution in [2.45, 2.75) is 31.4 Å². The van der Waals surface area contributed by atoms with E-state index in [1.54, 1.807) is 6.07 Å². The van der Waals surface area contributed by atoms with Crippen LogP contribution >= 0.6 is 0 Å². The molecule has 3 rings (SSSR count). The number of imidazole rings is 1. The smallest absolute Gasteiger partial charge is 0.359 e. The number of fused-ring (bicyclic) bond motifs is 1. The van der Waals surface area contributed by atoms with Crippen molar-refractivity contribution in [1.82, 2.24) is 23.6 Å². The number of benzene rings is 1. The van der Waals surface area contributed by atoms with Gasteiger partial charge in [0, 0.05) is 33.8 Å². The molecular formula is C19H23N5O5S. The van der Waals surface area contributed by atoms with Crippen LogP contribution in [0.4, 0.5) is 0 Å². The maximum Gasteiger partial charge on any atom is 0.359 e. The van der Waals surface area contributed by atoms with E-state index < -0.39 is 16.0 Å². The summed E-state index contributed by atoms with van der Waals surface area (Å²) < 4.78 is 34.2. The third kappa shape index (κ3) is 4.12. The molecule has 10 nitrogen and oxygen atoms in total. The van der Waals surface area contributed by atoms with Gasteiger partial charge in [0.05, 0.1) is 15.9 Å². The Kier molecular flexibility index (Phi) is 6.04. The molecule has 0 amide bonds. The van der Waals surface area contributed by atoms with Crippen molar-refractivity contribution in [2.75, 3.05) is 14.1 Å². The molecule has 0 N–H and O–H groups in total. The van der Waals surface area contributed by atoms with E-state index >= 15 is 0 Å². The normalized spacial score (nSPS) is 11.9. The largest absolute Gasteiger partial charge is 0.453 e. The summed E-state index contributed by atoms with van der Waals surface area (Å²) in [6.07, 6.45) is 0.812. The lowest BCUT2D eigenvalue weighted by molar-refractivity contribution is 0.0448. The van der Waals surface area contributed by atoms with Gasteiger partial charge in [-0.1, -0.05) is 6.92 Å². The number of aryl methyl sites for hydroxylation is 2. The van der Waals surface area contributed by atoms with Crippen molar-refractivity contribution in [1.29, 1.82) is 0 Å². The molecule has 1 aromatic carbocycles. The van der Waals surface area contributed by atoms with Gasteiger partial charge < -0.3 is 9.30 Å². The maximum absolute atomic E-state index is 12.4. The Morgan fingerprint density at radius 2 is 1.93 bits per heavy atom. The van der Waals surface area contributed by atoms with Crippen LogP contribution < -0.4 is 5.56 Å². The summed E-state index contributed by atoms with van der Waals surface area (Å²) in [6, 6.07) is 7.29. The highest BCUT2D eigenvalue weighted by atomic mass is 32.2. The molecule has 2 aromatic heterocycles. The Balaban J connectivity index is 1.92. The summed E-state index contributed by atoms with van der Waals surface area (Å²) in [5.74, 6) is -0.194. The second kappa shape index (κ2) is 8.36. The van der Waals surface area contributed by atoms with Gasteiger partial charge in [0.15, 0.2) is 5.69 Å². The monoisotopic (exact) mass is 433 g/mol. The lowest BCUT2D eigenvalue weighted by Crippen LogP contribution is -2.22. The molecule has 0 atom stereocenters. The van der Waals surface area contributed by atoms with E-state index in [0.29, 0.717) is 17.9 Å². The highest BCUT2D eigenvalue weighted by molar-refractivity contribution is 7.89. The Labute approximate surface area is 173 Å². The molecule has 0 aliphatic heterocycles. The minimum atomic E-state index is -3.59. The molecule has 11 heteroatoms. The van der Waals surface area contributed by atoms with Crippen LogP contribution in [0.1, 0.15) is 29.7 Å². The van der Waals surface area contributed by atoms with E-state index in [0.717, 1.165) is 20.9 Å². The van der Waals surface area contributed by atoms with Crippen molar-refractivity contribution in [3.8, 4) is 0 Å². The van der Waals surface area contributed by atoms with E-state index in [2.05, 4.69) is 10.1 Å². The number of aromatic nitrogens is 4. The molecule has 0 spiro atoms. The lowest BCUT2D eigenvalue weighted by Gasteiger charge is -2.11. The SMILES string of the molecule is CCCn1c(COC(=O)c2ccc(=O)n(C)n2)nc2cc(S(=O)(=O)N(C)C)ccc21. The first-order chi connectivity index (χ1) is 14.1. The van der Waals surface area contributed by atoms with Gasteiger partial charge in [-0.05, 0) is 30.7 Å². The molecule has 3 aromatic rings. The molecule has 0 radical (unpaired) electrons. The van der Waals surface area contributed by atoms with Crippen LogP contribution in [0.5, 0.6) is 0 Å². The summed E-state index contributed by atoms with van der Waals surface area (Å²) in [6.45, 7) is 2.51. The predicted molar refractivity (Wildman–Crippen MR) is 109 cm³/mol. The van der Waals surface area contributed by atoms with Gasteiger partial charge in [-0.25, -0.2) is 27.2 Å². The molecule has 0 saturated heterocycles. The number of rotatable bonds is 7. The number of carbonyl (C=O) groups is 1. The molecule has 160 valence electrons. The average Bonchev–Trinajstić information content (AvgIpc) is 3.05. The second-order valence-electron chi connectivity index (χ2n) is 6.87. The van der Waals surface area contributed by atoms with Crippen LogP contribution in [0.3, 0.4) is 0 Å². The van der Waals surface area contributed by atoms with E-state index in [9.17, 15) is 18.0 Å². The number of sulfonamides is 1. The molecular weight excluding hydrogens is 410 g/mol. The van der Waals surface area contributed by atoms with Gasteiger partial charge in [0.1, 0.15) is 12.4 Å². The Morgan fingerprint density at radius 3 is 2.57 bits per heavy atom. The van der Waals surface area contributed by atoms with Crippen LogP contribution in [-0.4, -0.2) is 52.1 Å². The van der Waals surface area contributed by atoms with Gasteiger partial charge in [-0.3, -0.25) is 4.79 Å². The Morgan fingerprint density at radius 1 is 1.20 bits per heavy atom. The first-order valence-electron chi connectivity index (χ1n) is 9.28. The molecule has 0 saturated carbocycles. The van der Waals surface area contributed by atoms with E-state index in [1.165, 1.54) is 45.4 Å². The Bertz CT molecular complexity index is 1260. The molecule has 2 heterocycles. The summed E-state index contributed by atoms with van der Waals surface area (Å²) in [4.78, 5) is 28.4. The van der Waals surface area contributed by atoms with Gasteiger partial charge >= 0.3 is 5.97 Å². The van der Waals surface area contributed by atoms with Crippen molar-refractivity contribution in [3.63, 3.8) is 0 Å². The second-order valence-corrected chi connectivity index (χ2v) is 9.03. The standard InChI is InChI=1S/C19H23N5O5S/c1-5-10-24-16-8-6-13(30(27,28)22(2)3)11-15(16)20-17(24)12-29-19(26)14-7-9-18(25)23(4)21-14/h6-9,11H,5,10,12H2,1-4H3. The fourth-order valence-corrected chi connectivity index (χ4v) is 3.85. The molecule has 0 aliphatic rings.